The monoisotopic (exact) mass is 371 g/mol. The molecule has 0 aliphatic carbocycles. The molecule has 0 atom stereocenters. The van der Waals surface area contributed by atoms with Gasteiger partial charge in [-0.15, -0.1) is 0 Å². The lowest BCUT2D eigenvalue weighted by Crippen LogP contribution is -2.25. The molecule has 0 aliphatic rings. The number of carbonyl (C=O) groups is 1. The molecule has 1 aromatic carbocycles. The van der Waals surface area contributed by atoms with Crippen molar-refractivity contribution in [3.63, 3.8) is 0 Å². The number of nitrogens with two attached hydrogens (primary N) is 1. The van der Waals surface area contributed by atoms with Crippen molar-refractivity contribution < 1.29 is 19.4 Å². The van der Waals surface area contributed by atoms with E-state index in [4.69, 9.17) is 20.3 Å². The maximum absolute atomic E-state index is 12.3. The SMILES string of the molecule is COCCOc1nc(N)c2cnc(=O)n(Cc3ccc(C(=O)O)cc3)c2n1. The molecule has 2 aromatic heterocycles. The van der Waals surface area contributed by atoms with Gasteiger partial charge in [0, 0.05) is 13.3 Å². The van der Waals surface area contributed by atoms with Gasteiger partial charge in [-0.1, -0.05) is 12.1 Å². The largest absolute Gasteiger partial charge is 0.478 e. The molecule has 0 spiro atoms. The Morgan fingerprint density at radius 1 is 1.22 bits per heavy atom. The third-order valence-electron chi connectivity index (χ3n) is 3.79. The molecule has 0 fully saturated rings. The number of aromatic nitrogens is 4. The highest BCUT2D eigenvalue weighted by molar-refractivity contribution is 5.87. The molecule has 3 N–H and O–H groups in total. The van der Waals surface area contributed by atoms with Crippen molar-refractivity contribution in [2.75, 3.05) is 26.1 Å². The number of nitrogens with zero attached hydrogens (tertiary/aromatic N) is 4. The number of nitrogen functional groups attached to an aromatic ring is 1. The van der Waals surface area contributed by atoms with E-state index in [9.17, 15) is 9.59 Å². The first kappa shape index (κ1) is 18.3. The number of carboxylic acid groups (broad SMARTS) is 1. The van der Waals surface area contributed by atoms with Gasteiger partial charge in [0.05, 0.1) is 24.1 Å². The van der Waals surface area contributed by atoms with E-state index in [2.05, 4.69) is 15.0 Å². The Morgan fingerprint density at radius 2 is 1.96 bits per heavy atom. The molecule has 0 unspecified atom stereocenters. The molecular formula is C17H17N5O5. The van der Waals surface area contributed by atoms with Crippen LogP contribution < -0.4 is 16.2 Å². The molecule has 3 rings (SSSR count). The summed E-state index contributed by atoms with van der Waals surface area (Å²) in [4.78, 5) is 35.4. The van der Waals surface area contributed by atoms with Gasteiger partial charge in [0.25, 0.3) is 0 Å². The van der Waals surface area contributed by atoms with Crippen LogP contribution >= 0.6 is 0 Å². The number of rotatable bonds is 7. The van der Waals surface area contributed by atoms with Crippen LogP contribution in [0.2, 0.25) is 0 Å². The van der Waals surface area contributed by atoms with Gasteiger partial charge in [-0.3, -0.25) is 4.57 Å². The van der Waals surface area contributed by atoms with E-state index in [1.165, 1.54) is 30.0 Å². The topological polar surface area (TPSA) is 142 Å². The summed E-state index contributed by atoms with van der Waals surface area (Å²) in [7, 11) is 1.54. The van der Waals surface area contributed by atoms with Crippen molar-refractivity contribution in [2.24, 2.45) is 0 Å². The summed E-state index contributed by atoms with van der Waals surface area (Å²) in [5.41, 5.74) is 6.56. The van der Waals surface area contributed by atoms with E-state index in [1.807, 2.05) is 0 Å². The Bertz CT molecular complexity index is 1030. The summed E-state index contributed by atoms with van der Waals surface area (Å²) in [5, 5.41) is 9.39. The number of aromatic carboxylic acids is 1. The molecular weight excluding hydrogens is 354 g/mol. The molecule has 0 bridgehead atoms. The van der Waals surface area contributed by atoms with Crippen LogP contribution in [0.4, 0.5) is 5.82 Å². The Balaban J connectivity index is 2.01. The summed E-state index contributed by atoms with van der Waals surface area (Å²) in [5.74, 6) is -0.890. The van der Waals surface area contributed by atoms with Crippen molar-refractivity contribution in [2.45, 2.75) is 6.54 Å². The lowest BCUT2D eigenvalue weighted by atomic mass is 10.1. The fraction of sp³-hybridized carbons (Fsp3) is 0.235. The van der Waals surface area contributed by atoms with Gasteiger partial charge in [-0.05, 0) is 17.7 Å². The van der Waals surface area contributed by atoms with E-state index < -0.39 is 11.7 Å². The average Bonchev–Trinajstić information content (AvgIpc) is 2.65. The summed E-state index contributed by atoms with van der Waals surface area (Å²) >= 11 is 0. The van der Waals surface area contributed by atoms with Crippen LogP contribution in [0.3, 0.4) is 0 Å². The molecule has 10 nitrogen and oxygen atoms in total. The van der Waals surface area contributed by atoms with Crippen LogP contribution in [-0.2, 0) is 11.3 Å². The third-order valence-corrected chi connectivity index (χ3v) is 3.79. The molecule has 0 saturated carbocycles. The van der Waals surface area contributed by atoms with Crippen molar-refractivity contribution in [1.29, 1.82) is 0 Å². The Kier molecular flexibility index (Phi) is 5.27. The molecule has 0 amide bonds. The van der Waals surface area contributed by atoms with E-state index in [0.717, 1.165) is 0 Å². The quantitative estimate of drug-likeness (QED) is 0.569. The highest BCUT2D eigenvalue weighted by Gasteiger charge is 2.13. The van der Waals surface area contributed by atoms with Crippen molar-refractivity contribution in [3.8, 4) is 6.01 Å². The second-order valence-electron chi connectivity index (χ2n) is 5.60. The molecule has 0 radical (unpaired) electrons. The summed E-state index contributed by atoms with van der Waals surface area (Å²) < 4.78 is 11.6. The molecule has 2 heterocycles. The van der Waals surface area contributed by atoms with Crippen molar-refractivity contribution in [1.82, 2.24) is 19.5 Å². The maximum atomic E-state index is 12.3. The van der Waals surface area contributed by atoms with Gasteiger partial charge in [0.15, 0.2) is 5.65 Å². The van der Waals surface area contributed by atoms with Gasteiger partial charge >= 0.3 is 17.7 Å². The predicted molar refractivity (Wildman–Crippen MR) is 95.9 cm³/mol. The van der Waals surface area contributed by atoms with Crippen LogP contribution in [-0.4, -0.2) is 50.9 Å². The standard InChI is InChI=1S/C17H17N5O5/c1-26-6-7-27-16-20-13(18)12-8-19-17(25)22(14(12)21-16)9-10-2-4-11(5-3-10)15(23)24/h2-5,8H,6-7,9H2,1H3,(H,23,24)(H2,18,20,21). The van der Waals surface area contributed by atoms with Crippen LogP contribution in [0.25, 0.3) is 11.0 Å². The van der Waals surface area contributed by atoms with Gasteiger partial charge < -0.3 is 20.3 Å². The average molecular weight is 371 g/mol. The van der Waals surface area contributed by atoms with Gasteiger partial charge in [0.1, 0.15) is 12.4 Å². The first-order valence-corrected chi connectivity index (χ1v) is 7.96. The van der Waals surface area contributed by atoms with Gasteiger partial charge in [-0.25, -0.2) is 14.6 Å². The summed E-state index contributed by atoms with van der Waals surface area (Å²) in [6, 6.07) is 6.19. The minimum absolute atomic E-state index is 0.0256. The molecule has 27 heavy (non-hydrogen) atoms. The molecule has 10 heteroatoms. The van der Waals surface area contributed by atoms with Crippen molar-refractivity contribution in [3.05, 3.63) is 52.1 Å². The lowest BCUT2D eigenvalue weighted by Gasteiger charge is -2.11. The number of benzene rings is 1. The Labute approximate surface area is 153 Å². The first-order chi connectivity index (χ1) is 13.0. The molecule has 140 valence electrons. The number of anilines is 1. The zero-order valence-corrected chi connectivity index (χ0v) is 14.5. The number of hydrogen-bond acceptors (Lipinski definition) is 8. The van der Waals surface area contributed by atoms with E-state index >= 15 is 0 Å². The van der Waals surface area contributed by atoms with Crippen LogP contribution in [0.1, 0.15) is 15.9 Å². The second-order valence-corrected chi connectivity index (χ2v) is 5.60. The van der Waals surface area contributed by atoms with Gasteiger partial charge in [0.2, 0.25) is 0 Å². The Morgan fingerprint density at radius 3 is 2.63 bits per heavy atom. The Hall–Kier alpha value is -3.53. The summed E-state index contributed by atoms with van der Waals surface area (Å²) in [6.07, 6.45) is 1.32. The van der Waals surface area contributed by atoms with Gasteiger partial charge in [-0.2, -0.15) is 9.97 Å². The van der Waals surface area contributed by atoms with E-state index in [-0.39, 0.29) is 36.2 Å². The predicted octanol–water partition coefficient (Wildman–Crippen LogP) is 0.540. The highest BCUT2D eigenvalue weighted by atomic mass is 16.5. The zero-order chi connectivity index (χ0) is 19.4. The molecule has 0 aliphatic heterocycles. The third kappa shape index (κ3) is 4.01. The fourth-order valence-corrected chi connectivity index (χ4v) is 2.42. The fourth-order valence-electron chi connectivity index (χ4n) is 2.42. The maximum Gasteiger partial charge on any atom is 0.349 e. The number of carboxylic acids is 1. The van der Waals surface area contributed by atoms with E-state index in [1.54, 1.807) is 12.1 Å². The lowest BCUT2D eigenvalue weighted by molar-refractivity contribution is 0.0697. The van der Waals surface area contributed by atoms with Crippen LogP contribution in [0, 0.1) is 0 Å². The van der Waals surface area contributed by atoms with Crippen LogP contribution in [0.15, 0.2) is 35.3 Å². The highest BCUT2D eigenvalue weighted by Crippen LogP contribution is 2.19. The molecule has 0 saturated heterocycles. The van der Waals surface area contributed by atoms with Crippen molar-refractivity contribution >= 4 is 22.8 Å². The smallest absolute Gasteiger partial charge is 0.349 e. The second kappa shape index (κ2) is 7.79. The number of fused-ring (bicyclic) bond motifs is 1. The van der Waals surface area contributed by atoms with Crippen LogP contribution in [0.5, 0.6) is 6.01 Å². The zero-order valence-electron chi connectivity index (χ0n) is 14.5. The van der Waals surface area contributed by atoms with E-state index in [0.29, 0.717) is 17.6 Å². The number of ether oxygens (including phenoxy) is 2. The molecule has 3 aromatic rings. The summed E-state index contributed by atoms with van der Waals surface area (Å²) in [6.45, 7) is 0.713. The number of methoxy groups -OCH3 is 1. The first-order valence-electron chi connectivity index (χ1n) is 7.96. The minimum Gasteiger partial charge on any atom is -0.478 e. The minimum atomic E-state index is -1.02. The normalized spacial score (nSPS) is 10.9. The number of hydrogen-bond donors (Lipinski definition) is 2.